The van der Waals surface area contributed by atoms with E-state index in [1.165, 1.54) is 6.07 Å². The molecule has 0 spiro atoms. The topological polar surface area (TPSA) is 33.0 Å². The van der Waals surface area contributed by atoms with Crippen LogP contribution < -0.4 is 9.88 Å². The molecule has 0 radical (unpaired) electrons. The zero-order valence-corrected chi connectivity index (χ0v) is 10.4. The van der Waals surface area contributed by atoms with Crippen LogP contribution in [-0.4, -0.2) is 5.91 Å². The van der Waals surface area contributed by atoms with E-state index in [0.29, 0.717) is 0 Å². The standard InChI is InChI=1S/C14H12F2N2O/c1-10-4-2-3-7-18(10)9-14(19)17-13-6-5-11(15)8-12(13)16/h2-8H,9H2,1H3/p+1. The second kappa shape index (κ2) is 5.56. The number of hydrogen-bond acceptors (Lipinski definition) is 1. The summed E-state index contributed by atoms with van der Waals surface area (Å²) in [7, 11) is 0. The Labute approximate surface area is 109 Å². The molecule has 0 aliphatic heterocycles. The first-order valence-corrected chi connectivity index (χ1v) is 5.76. The SMILES string of the molecule is Cc1cccc[n+]1CC(=O)Nc1ccc(F)cc1F. The van der Waals surface area contributed by atoms with E-state index in [9.17, 15) is 13.6 Å². The van der Waals surface area contributed by atoms with Crippen LogP contribution in [0.5, 0.6) is 0 Å². The van der Waals surface area contributed by atoms with Gasteiger partial charge in [-0.1, -0.05) is 6.07 Å². The molecule has 5 heteroatoms. The highest BCUT2D eigenvalue weighted by molar-refractivity contribution is 5.89. The molecular formula is C14H13F2N2O+. The second-order valence-electron chi connectivity index (χ2n) is 4.14. The van der Waals surface area contributed by atoms with Gasteiger partial charge in [-0.3, -0.25) is 4.79 Å². The molecule has 0 unspecified atom stereocenters. The molecule has 98 valence electrons. The summed E-state index contributed by atoms with van der Waals surface area (Å²) in [5.74, 6) is -1.84. The number of hydrogen-bond donors (Lipinski definition) is 1. The molecule has 0 atom stereocenters. The summed E-state index contributed by atoms with van der Waals surface area (Å²) in [5, 5.41) is 2.41. The number of pyridine rings is 1. The minimum Gasteiger partial charge on any atom is -0.318 e. The van der Waals surface area contributed by atoms with E-state index >= 15 is 0 Å². The summed E-state index contributed by atoms with van der Waals surface area (Å²) in [6.45, 7) is 1.94. The first kappa shape index (κ1) is 13.1. The van der Waals surface area contributed by atoms with E-state index < -0.39 is 11.6 Å². The molecule has 1 N–H and O–H groups in total. The Hall–Kier alpha value is -2.30. The molecule has 0 aliphatic rings. The molecule has 1 aromatic heterocycles. The lowest BCUT2D eigenvalue weighted by Gasteiger charge is -2.05. The molecule has 0 saturated heterocycles. The van der Waals surface area contributed by atoms with Gasteiger partial charge < -0.3 is 5.32 Å². The summed E-state index contributed by atoms with van der Waals surface area (Å²) < 4.78 is 27.8. The van der Waals surface area contributed by atoms with Crippen molar-refractivity contribution in [3.05, 3.63) is 59.9 Å². The number of benzene rings is 1. The van der Waals surface area contributed by atoms with Gasteiger partial charge >= 0.3 is 0 Å². The Balaban J connectivity index is 2.08. The lowest BCUT2D eigenvalue weighted by molar-refractivity contribution is -0.690. The maximum absolute atomic E-state index is 13.4. The van der Waals surface area contributed by atoms with E-state index in [2.05, 4.69) is 5.32 Å². The van der Waals surface area contributed by atoms with Crippen LogP contribution in [0.1, 0.15) is 5.69 Å². The van der Waals surface area contributed by atoms with Crippen LogP contribution in [0.15, 0.2) is 42.6 Å². The summed E-state index contributed by atoms with van der Waals surface area (Å²) in [6.07, 6.45) is 1.76. The zero-order valence-electron chi connectivity index (χ0n) is 10.4. The number of halogens is 2. The Morgan fingerprint density at radius 1 is 1.26 bits per heavy atom. The van der Waals surface area contributed by atoms with Gasteiger partial charge in [0.15, 0.2) is 11.9 Å². The summed E-state index contributed by atoms with van der Waals surface area (Å²) >= 11 is 0. The van der Waals surface area contributed by atoms with Gasteiger partial charge in [-0.15, -0.1) is 0 Å². The van der Waals surface area contributed by atoms with E-state index in [0.717, 1.165) is 17.8 Å². The van der Waals surface area contributed by atoms with Crippen molar-refractivity contribution in [3.63, 3.8) is 0 Å². The van der Waals surface area contributed by atoms with Crippen molar-refractivity contribution < 1.29 is 18.1 Å². The fourth-order valence-corrected chi connectivity index (χ4v) is 1.67. The van der Waals surface area contributed by atoms with Gasteiger partial charge in [0.2, 0.25) is 6.54 Å². The minimum absolute atomic E-state index is 0.0272. The van der Waals surface area contributed by atoms with Gasteiger partial charge in [0.1, 0.15) is 11.6 Å². The monoisotopic (exact) mass is 263 g/mol. The van der Waals surface area contributed by atoms with Crippen LogP contribution in [0, 0.1) is 18.6 Å². The fraction of sp³-hybridized carbons (Fsp3) is 0.143. The average Bonchev–Trinajstić information content (AvgIpc) is 2.36. The molecule has 0 fully saturated rings. The highest BCUT2D eigenvalue weighted by Crippen LogP contribution is 2.14. The quantitative estimate of drug-likeness (QED) is 0.846. The van der Waals surface area contributed by atoms with Gasteiger partial charge in [-0.05, 0) is 12.1 Å². The van der Waals surface area contributed by atoms with Crippen molar-refractivity contribution in [2.75, 3.05) is 5.32 Å². The number of aromatic nitrogens is 1. The van der Waals surface area contributed by atoms with Crippen LogP contribution in [0.3, 0.4) is 0 Å². The van der Waals surface area contributed by atoms with Gasteiger partial charge in [0.05, 0.1) is 5.69 Å². The number of aryl methyl sites for hydroxylation is 1. The van der Waals surface area contributed by atoms with E-state index in [4.69, 9.17) is 0 Å². The maximum Gasteiger partial charge on any atom is 0.290 e. The van der Waals surface area contributed by atoms with Crippen molar-refractivity contribution in [2.45, 2.75) is 13.5 Å². The van der Waals surface area contributed by atoms with E-state index in [1.54, 1.807) is 16.8 Å². The van der Waals surface area contributed by atoms with Gasteiger partial charge in [0.25, 0.3) is 5.91 Å². The summed E-state index contributed by atoms with van der Waals surface area (Å²) in [6, 6.07) is 8.56. The number of carbonyl (C=O) groups is 1. The largest absolute Gasteiger partial charge is 0.318 e. The van der Waals surface area contributed by atoms with Gasteiger partial charge in [0, 0.05) is 25.1 Å². The fourth-order valence-electron chi connectivity index (χ4n) is 1.67. The molecule has 2 rings (SSSR count). The number of amides is 1. The van der Waals surface area contributed by atoms with Gasteiger partial charge in [-0.2, -0.15) is 4.57 Å². The van der Waals surface area contributed by atoms with Crippen LogP contribution in [0.25, 0.3) is 0 Å². The third-order valence-electron chi connectivity index (χ3n) is 2.69. The zero-order chi connectivity index (χ0) is 13.8. The van der Waals surface area contributed by atoms with Crippen molar-refractivity contribution in [3.8, 4) is 0 Å². The smallest absolute Gasteiger partial charge is 0.290 e. The lowest BCUT2D eigenvalue weighted by Crippen LogP contribution is -2.42. The molecule has 3 nitrogen and oxygen atoms in total. The molecule has 0 saturated carbocycles. The first-order chi connectivity index (χ1) is 9.06. The van der Waals surface area contributed by atoms with Crippen molar-refractivity contribution in [2.24, 2.45) is 0 Å². The molecule has 2 aromatic rings. The molecule has 0 aliphatic carbocycles. The third-order valence-corrected chi connectivity index (χ3v) is 2.69. The summed E-state index contributed by atoms with van der Waals surface area (Å²) in [5.41, 5.74) is 0.887. The summed E-state index contributed by atoms with van der Waals surface area (Å²) in [4.78, 5) is 11.8. The molecule has 0 bridgehead atoms. The average molecular weight is 263 g/mol. The lowest BCUT2D eigenvalue weighted by atomic mass is 10.3. The molecule has 1 heterocycles. The highest BCUT2D eigenvalue weighted by atomic mass is 19.1. The number of carbonyl (C=O) groups excluding carboxylic acids is 1. The Kier molecular flexibility index (Phi) is 3.85. The first-order valence-electron chi connectivity index (χ1n) is 5.76. The van der Waals surface area contributed by atoms with Crippen LogP contribution in [0.2, 0.25) is 0 Å². The van der Waals surface area contributed by atoms with Crippen LogP contribution in [-0.2, 0) is 11.3 Å². The van der Waals surface area contributed by atoms with Crippen molar-refractivity contribution in [1.82, 2.24) is 0 Å². The Bertz CT molecular complexity index is 614. The van der Waals surface area contributed by atoms with E-state index in [-0.39, 0.29) is 18.1 Å². The predicted octanol–water partition coefficient (Wildman–Crippen LogP) is 2.20. The number of nitrogens with one attached hydrogen (secondary N) is 1. The van der Waals surface area contributed by atoms with Crippen LogP contribution >= 0.6 is 0 Å². The third kappa shape index (κ3) is 3.34. The van der Waals surface area contributed by atoms with Gasteiger partial charge in [-0.25, -0.2) is 8.78 Å². The highest BCUT2D eigenvalue weighted by Gasteiger charge is 2.13. The molecule has 1 aromatic carbocycles. The van der Waals surface area contributed by atoms with Crippen molar-refractivity contribution >= 4 is 11.6 Å². The minimum atomic E-state index is -0.789. The predicted molar refractivity (Wildman–Crippen MR) is 66.4 cm³/mol. The second-order valence-corrected chi connectivity index (χ2v) is 4.14. The number of nitrogens with zero attached hydrogens (tertiary/aromatic N) is 1. The number of anilines is 1. The number of rotatable bonds is 3. The Morgan fingerprint density at radius 3 is 2.74 bits per heavy atom. The normalized spacial score (nSPS) is 10.3. The molecular weight excluding hydrogens is 250 g/mol. The molecule has 19 heavy (non-hydrogen) atoms. The van der Waals surface area contributed by atoms with Crippen molar-refractivity contribution in [1.29, 1.82) is 0 Å². The Morgan fingerprint density at radius 2 is 2.05 bits per heavy atom. The maximum atomic E-state index is 13.4. The van der Waals surface area contributed by atoms with Crippen LogP contribution in [0.4, 0.5) is 14.5 Å². The van der Waals surface area contributed by atoms with E-state index in [1.807, 2.05) is 19.1 Å². The molecule has 1 amide bonds.